The normalized spacial score (nSPS) is 9.94. The number of nitrogens with two attached hydrogens (primary N) is 1. The third-order valence-corrected chi connectivity index (χ3v) is 2.86. The Morgan fingerprint density at radius 1 is 1.24 bits per heavy atom. The van der Waals surface area contributed by atoms with Crippen molar-refractivity contribution < 1.29 is 0 Å². The van der Waals surface area contributed by atoms with Crippen LogP contribution < -0.4 is 5.73 Å². The molecule has 0 saturated carbocycles. The van der Waals surface area contributed by atoms with Crippen molar-refractivity contribution in [2.75, 3.05) is 5.73 Å². The number of benzene rings is 1. The smallest absolute Gasteiger partial charge is 0.102 e. The Morgan fingerprint density at radius 2 is 1.88 bits per heavy atom. The number of hydrogen-bond donors (Lipinski definition) is 1. The summed E-state index contributed by atoms with van der Waals surface area (Å²) in [6.45, 7) is 0. The van der Waals surface area contributed by atoms with E-state index in [4.69, 9.17) is 34.2 Å². The zero-order chi connectivity index (χ0) is 12.4. The molecule has 0 unspecified atom stereocenters. The van der Waals surface area contributed by atoms with Gasteiger partial charge in [-0.2, -0.15) is 5.26 Å². The minimum Gasteiger partial charge on any atom is -0.397 e. The topological polar surface area (TPSA) is 62.7 Å². The number of nitrogens with zero attached hydrogens (tertiary/aromatic N) is 2. The fourth-order valence-corrected chi connectivity index (χ4v) is 2.07. The average Bonchev–Trinajstić information content (AvgIpc) is 2.30. The van der Waals surface area contributed by atoms with Crippen LogP contribution in [0.25, 0.3) is 11.3 Å². The van der Waals surface area contributed by atoms with Gasteiger partial charge in [0.1, 0.15) is 6.07 Å². The molecule has 0 spiro atoms. The third-order valence-electron chi connectivity index (χ3n) is 2.23. The maximum atomic E-state index is 9.05. The lowest BCUT2D eigenvalue weighted by molar-refractivity contribution is 1.30. The molecule has 1 aromatic carbocycles. The van der Waals surface area contributed by atoms with Crippen LogP contribution in [0.5, 0.6) is 0 Å². The number of nitrogen functional groups attached to an aromatic ring is 1. The van der Waals surface area contributed by atoms with Crippen LogP contribution in [-0.2, 0) is 0 Å². The molecule has 2 rings (SSSR count). The molecule has 0 saturated heterocycles. The maximum Gasteiger partial charge on any atom is 0.102 e. The molecule has 3 nitrogen and oxygen atoms in total. The van der Waals surface area contributed by atoms with E-state index in [1.165, 1.54) is 6.20 Å². The van der Waals surface area contributed by atoms with Gasteiger partial charge in [-0.05, 0) is 18.2 Å². The lowest BCUT2D eigenvalue weighted by Crippen LogP contribution is -1.94. The fraction of sp³-hybridized carbons (Fsp3) is 0. The van der Waals surface area contributed by atoms with Crippen molar-refractivity contribution in [2.24, 2.45) is 0 Å². The molecule has 0 aliphatic heterocycles. The highest BCUT2D eigenvalue weighted by molar-refractivity contribution is 6.39. The van der Waals surface area contributed by atoms with Crippen molar-refractivity contribution in [1.29, 1.82) is 5.26 Å². The highest BCUT2D eigenvalue weighted by Gasteiger charge is 2.14. The number of rotatable bonds is 1. The minimum atomic E-state index is 0.347. The molecule has 1 aromatic heterocycles. The molecule has 17 heavy (non-hydrogen) atoms. The van der Waals surface area contributed by atoms with Gasteiger partial charge in [-0.25, -0.2) is 0 Å². The molecule has 0 radical (unpaired) electrons. The largest absolute Gasteiger partial charge is 0.397 e. The summed E-state index contributed by atoms with van der Waals surface area (Å²) >= 11 is 12.1. The number of hydrogen-bond acceptors (Lipinski definition) is 3. The molecule has 2 N–H and O–H groups in total. The molecule has 5 heteroatoms. The summed E-state index contributed by atoms with van der Waals surface area (Å²) in [5.41, 5.74) is 7.34. The average molecular weight is 264 g/mol. The van der Waals surface area contributed by atoms with Crippen molar-refractivity contribution in [2.45, 2.75) is 0 Å². The van der Waals surface area contributed by atoms with Gasteiger partial charge in [0.25, 0.3) is 0 Å². The first-order chi connectivity index (χ1) is 8.13. The second-order valence-corrected chi connectivity index (χ2v) is 4.19. The highest BCUT2D eigenvalue weighted by Crippen LogP contribution is 2.35. The molecular formula is C12H7Cl2N3. The van der Waals surface area contributed by atoms with E-state index in [2.05, 4.69) is 4.98 Å². The van der Waals surface area contributed by atoms with Gasteiger partial charge < -0.3 is 5.73 Å². The Balaban J connectivity index is 2.74. The van der Waals surface area contributed by atoms with Crippen LogP contribution in [0, 0.1) is 11.3 Å². The first-order valence-corrected chi connectivity index (χ1v) is 5.49. The molecule has 0 aliphatic rings. The van der Waals surface area contributed by atoms with Crippen molar-refractivity contribution >= 4 is 28.9 Å². The van der Waals surface area contributed by atoms with Crippen molar-refractivity contribution in [3.63, 3.8) is 0 Å². The molecule has 0 amide bonds. The summed E-state index contributed by atoms with van der Waals surface area (Å²) < 4.78 is 0. The monoisotopic (exact) mass is 263 g/mol. The van der Waals surface area contributed by atoms with Crippen LogP contribution in [0.4, 0.5) is 5.69 Å². The molecule has 1 heterocycles. The van der Waals surface area contributed by atoms with Gasteiger partial charge in [0.2, 0.25) is 0 Å². The highest BCUT2D eigenvalue weighted by atomic mass is 35.5. The Bertz CT molecular complexity index is 597. The van der Waals surface area contributed by atoms with Gasteiger partial charge in [0.15, 0.2) is 0 Å². The van der Waals surface area contributed by atoms with Crippen LogP contribution in [0.15, 0.2) is 30.5 Å². The first-order valence-electron chi connectivity index (χ1n) is 4.73. The molecule has 0 atom stereocenters. The van der Waals surface area contributed by atoms with Crippen molar-refractivity contribution in [1.82, 2.24) is 4.98 Å². The number of pyridine rings is 1. The Labute approximate surface area is 108 Å². The van der Waals surface area contributed by atoms with Crippen LogP contribution >= 0.6 is 23.2 Å². The van der Waals surface area contributed by atoms with Gasteiger partial charge >= 0.3 is 0 Å². The summed E-state index contributed by atoms with van der Waals surface area (Å²) in [6.07, 6.45) is 1.47. The number of nitriles is 1. The summed E-state index contributed by atoms with van der Waals surface area (Å²) in [5, 5.41) is 9.95. The molecule has 2 aromatic rings. The predicted molar refractivity (Wildman–Crippen MR) is 68.8 cm³/mol. The second-order valence-electron chi connectivity index (χ2n) is 3.37. The van der Waals surface area contributed by atoms with E-state index in [0.29, 0.717) is 32.6 Å². The standard InChI is InChI=1S/C12H7Cl2N3/c13-9-2-1-3-10(14)11(9)12-7(5-15)4-8(16)6-17-12/h1-4,6H,16H2. The minimum absolute atomic E-state index is 0.347. The van der Waals surface area contributed by atoms with Crippen LogP contribution in [-0.4, -0.2) is 4.98 Å². The van der Waals surface area contributed by atoms with E-state index in [0.717, 1.165) is 0 Å². The van der Waals surface area contributed by atoms with E-state index in [1.54, 1.807) is 24.3 Å². The van der Waals surface area contributed by atoms with Gasteiger partial charge in [-0.3, -0.25) is 4.98 Å². The SMILES string of the molecule is N#Cc1cc(N)cnc1-c1c(Cl)cccc1Cl. The van der Waals surface area contributed by atoms with E-state index in [1.807, 2.05) is 6.07 Å². The van der Waals surface area contributed by atoms with Crippen molar-refractivity contribution in [3.05, 3.63) is 46.1 Å². The summed E-state index contributed by atoms with van der Waals surface area (Å²) in [7, 11) is 0. The van der Waals surface area contributed by atoms with Gasteiger partial charge in [-0.15, -0.1) is 0 Å². The van der Waals surface area contributed by atoms with E-state index in [9.17, 15) is 0 Å². The maximum absolute atomic E-state index is 9.05. The van der Waals surface area contributed by atoms with E-state index >= 15 is 0 Å². The molecule has 84 valence electrons. The number of aromatic nitrogens is 1. The lowest BCUT2D eigenvalue weighted by atomic mass is 10.1. The fourth-order valence-electron chi connectivity index (χ4n) is 1.49. The third kappa shape index (κ3) is 2.19. The number of halogens is 2. The van der Waals surface area contributed by atoms with Gasteiger partial charge in [0, 0.05) is 5.56 Å². The summed E-state index contributed by atoms with van der Waals surface area (Å²) in [4.78, 5) is 4.12. The Hall–Kier alpha value is -1.76. The Morgan fingerprint density at radius 3 is 2.47 bits per heavy atom. The quantitative estimate of drug-likeness (QED) is 0.857. The van der Waals surface area contributed by atoms with Crippen LogP contribution in [0.3, 0.4) is 0 Å². The van der Waals surface area contributed by atoms with Crippen LogP contribution in [0.2, 0.25) is 10.0 Å². The second kappa shape index (κ2) is 4.62. The lowest BCUT2D eigenvalue weighted by Gasteiger charge is -2.08. The molecule has 0 bridgehead atoms. The van der Waals surface area contributed by atoms with Crippen molar-refractivity contribution in [3.8, 4) is 17.3 Å². The van der Waals surface area contributed by atoms with E-state index < -0.39 is 0 Å². The van der Waals surface area contributed by atoms with Gasteiger partial charge in [0.05, 0.1) is 33.2 Å². The zero-order valence-electron chi connectivity index (χ0n) is 8.61. The van der Waals surface area contributed by atoms with Crippen LogP contribution in [0.1, 0.15) is 5.56 Å². The molecular weight excluding hydrogens is 257 g/mol. The zero-order valence-corrected chi connectivity index (χ0v) is 10.1. The Kier molecular flexibility index (Phi) is 3.19. The molecule has 0 aliphatic carbocycles. The summed E-state index contributed by atoms with van der Waals surface area (Å²) in [6, 6.07) is 8.70. The predicted octanol–water partition coefficient (Wildman–Crippen LogP) is 3.51. The summed E-state index contributed by atoms with van der Waals surface area (Å²) in [5.74, 6) is 0. The van der Waals surface area contributed by atoms with Gasteiger partial charge in [-0.1, -0.05) is 29.3 Å². The number of anilines is 1. The first kappa shape index (κ1) is 11.7. The molecule has 0 fully saturated rings. The van der Waals surface area contributed by atoms with E-state index in [-0.39, 0.29) is 0 Å².